The lowest BCUT2D eigenvalue weighted by atomic mass is 9.68. The number of nitrogens with zero attached hydrogens (tertiary/aromatic N) is 1. The predicted molar refractivity (Wildman–Crippen MR) is 128 cm³/mol. The molecule has 0 aliphatic heterocycles. The van der Waals surface area contributed by atoms with E-state index in [0.717, 1.165) is 33.8 Å². The quantitative estimate of drug-likeness (QED) is 0.413. The van der Waals surface area contributed by atoms with E-state index in [2.05, 4.69) is 64.1 Å². The fraction of sp³-hybridized carbons (Fsp3) is 0.192. The standard InChI is InChI=1S/C26H24N2O3S/c1-29-21-14-18(15-22(30-2)25(21)31-3)26(17-8-5-4-6-9-17)12-11-19-20(16-26)27-28-24(19)23-10-7-13-32-23/h4-15H,16H2,1-3H3,(H,27,28). The Morgan fingerprint density at radius 1 is 0.906 bits per heavy atom. The van der Waals surface area contributed by atoms with E-state index in [1.54, 1.807) is 32.7 Å². The van der Waals surface area contributed by atoms with Crippen LogP contribution in [0.25, 0.3) is 16.6 Å². The predicted octanol–water partition coefficient (Wildman–Crippen LogP) is 5.72. The zero-order valence-corrected chi connectivity index (χ0v) is 19.0. The molecule has 1 aliphatic rings. The molecule has 0 fully saturated rings. The van der Waals surface area contributed by atoms with Crippen molar-refractivity contribution in [3.05, 3.63) is 88.4 Å². The number of hydrogen-bond acceptors (Lipinski definition) is 5. The second-order valence-electron chi connectivity index (χ2n) is 7.70. The number of aromatic amines is 1. The van der Waals surface area contributed by atoms with Gasteiger partial charge in [0.15, 0.2) is 11.5 Å². The Labute approximate surface area is 191 Å². The summed E-state index contributed by atoms with van der Waals surface area (Å²) >= 11 is 1.70. The van der Waals surface area contributed by atoms with Crippen LogP contribution in [0.4, 0.5) is 0 Å². The minimum Gasteiger partial charge on any atom is -0.493 e. The summed E-state index contributed by atoms with van der Waals surface area (Å²) in [6.07, 6.45) is 5.20. The number of rotatable bonds is 6. The monoisotopic (exact) mass is 444 g/mol. The highest BCUT2D eigenvalue weighted by atomic mass is 32.1. The van der Waals surface area contributed by atoms with E-state index < -0.39 is 5.41 Å². The van der Waals surface area contributed by atoms with Crippen molar-refractivity contribution in [1.82, 2.24) is 10.2 Å². The third-order valence-corrected chi connectivity index (χ3v) is 6.97. The van der Waals surface area contributed by atoms with Crippen LogP contribution >= 0.6 is 11.3 Å². The van der Waals surface area contributed by atoms with Gasteiger partial charge in [0.25, 0.3) is 0 Å². The summed E-state index contributed by atoms with van der Waals surface area (Å²) in [4.78, 5) is 1.16. The van der Waals surface area contributed by atoms with Crippen LogP contribution in [0.5, 0.6) is 17.2 Å². The number of allylic oxidation sites excluding steroid dienone is 1. The molecule has 32 heavy (non-hydrogen) atoms. The Hall–Kier alpha value is -3.51. The van der Waals surface area contributed by atoms with Crippen LogP contribution in [-0.4, -0.2) is 31.5 Å². The Balaban J connectivity index is 1.70. The lowest BCUT2D eigenvalue weighted by Gasteiger charge is -2.35. The molecule has 0 amide bonds. The maximum atomic E-state index is 5.67. The van der Waals surface area contributed by atoms with Crippen LogP contribution in [0.2, 0.25) is 0 Å². The zero-order chi connectivity index (χ0) is 22.1. The van der Waals surface area contributed by atoms with E-state index >= 15 is 0 Å². The van der Waals surface area contributed by atoms with E-state index in [-0.39, 0.29) is 0 Å². The molecule has 5 rings (SSSR count). The van der Waals surface area contributed by atoms with Gasteiger partial charge in [-0.15, -0.1) is 11.3 Å². The van der Waals surface area contributed by atoms with Gasteiger partial charge in [-0.05, 0) is 34.7 Å². The first-order valence-electron chi connectivity index (χ1n) is 10.4. The molecule has 0 saturated carbocycles. The zero-order valence-electron chi connectivity index (χ0n) is 18.2. The van der Waals surface area contributed by atoms with Gasteiger partial charge in [-0.1, -0.05) is 48.6 Å². The average Bonchev–Trinajstić information content (AvgIpc) is 3.52. The summed E-state index contributed by atoms with van der Waals surface area (Å²) in [5.41, 5.74) is 5.08. The van der Waals surface area contributed by atoms with Crippen molar-refractivity contribution in [1.29, 1.82) is 0 Å². The summed E-state index contributed by atoms with van der Waals surface area (Å²) in [5.74, 6) is 1.87. The van der Waals surface area contributed by atoms with Crippen molar-refractivity contribution in [2.24, 2.45) is 0 Å². The van der Waals surface area contributed by atoms with E-state index in [1.807, 2.05) is 18.2 Å². The van der Waals surface area contributed by atoms with Crippen molar-refractivity contribution < 1.29 is 14.2 Å². The minimum atomic E-state index is -0.416. The highest BCUT2D eigenvalue weighted by Crippen LogP contribution is 2.48. The maximum Gasteiger partial charge on any atom is 0.203 e. The highest BCUT2D eigenvalue weighted by molar-refractivity contribution is 7.13. The van der Waals surface area contributed by atoms with E-state index in [0.29, 0.717) is 17.2 Å². The van der Waals surface area contributed by atoms with Gasteiger partial charge < -0.3 is 14.2 Å². The SMILES string of the molecule is COc1cc(C2(c3ccccc3)C=Cc3c(-c4cccs4)n[nH]c3C2)cc(OC)c1OC. The summed E-state index contributed by atoms with van der Waals surface area (Å²) in [6, 6.07) is 18.7. The van der Waals surface area contributed by atoms with Gasteiger partial charge >= 0.3 is 0 Å². The number of benzene rings is 2. The second kappa shape index (κ2) is 8.20. The maximum absolute atomic E-state index is 5.67. The normalized spacial score (nSPS) is 17.1. The third kappa shape index (κ3) is 3.19. The summed E-state index contributed by atoms with van der Waals surface area (Å²) < 4.78 is 16.9. The van der Waals surface area contributed by atoms with Crippen LogP contribution in [0.1, 0.15) is 22.4 Å². The average molecular weight is 445 g/mol. The van der Waals surface area contributed by atoms with Crippen LogP contribution in [0, 0.1) is 0 Å². The molecule has 1 atom stereocenters. The van der Waals surface area contributed by atoms with E-state index in [9.17, 15) is 0 Å². The number of H-pyrrole nitrogens is 1. The molecule has 0 spiro atoms. The number of hydrogen-bond donors (Lipinski definition) is 1. The van der Waals surface area contributed by atoms with Gasteiger partial charge in [0, 0.05) is 23.1 Å². The van der Waals surface area contributed by atoms with Crippen molar-refractivity contribution in [3.63, 3.8) is 0 Å². The molecule has 1 N–H and O–H groups in total. The molecule has 162 valence electrons. The Morgan fingerprint density at radius 3 is 2.28 bits per heavy atom. The van der Waals surface area contributed by atoms with Gasteiger partial charge in [-0.25, -0.2) is 0 Å². The summed E-state index contributed by atoms with van der Waals surface area (Å²) in [6.45, 7) is 0. The lowest BCUT2D eigenvalue weighted by Crippen LogP contribution is -2.30. The van der Waals surface area contributed by atoms with Gasteiger partial charge in [0.05, 0.1) is 26.2 Å². The van der Waals surface area contributed by atoms with Crippen molar-refractivity contribution in [2.75, 3.05) is 21.3 Å². The fourth-order valence-corrected chi connectivity index (χ4v) is 5.23. The molecule has 0 radical (unpaired) electrons. The van der Waals surface area contributed by atoms with Crippen LogP contribution in [0.3, 0.4) is 0 Å². The molecule has 2 heterocycles. The van der Waals surface area contributed by atoms with Crippen molar-refractivity contribution in [3.8, 4) is 27.8 Å². The molecule has 1 unspecified atom stereocenters. The highest BCUT2D eigenvalue weighted by Gasteiger charge is 2.38. The first kappa shape index (κ1) is 20.4. The van der Waals surface area contributed by atoms with Crippen molar-refractivity contribution in [2.45, 2.75) is 11.8 Å². The largest absolute Gasteiger partial charge is 0.493 e. The molecule has 5 nitrogen and oxygen atoms in total. The Kier molecular flexibility index (Phi) is 5.23. The summed E-state index contributed by atoms with van der Waals surface area (Å²) in [7, 11) is 4.91. The smallest absolute Gasteiger partial charge is 0.203 e. The Morgan fingerprint density at radius 2 is 1.66 bits per heavy atom. The van der Waals surface area contributed by atoms with Gasteiger partial charge in [0.2, 0.25) is 5.75 Å². The number of fused-ring (bicyclic) bond motifs is 1. The third-order valence-electron chi connectivity index (χ3n) is 6.10. The molecule has 4 aromatic rings. The molecule has 0 saturated heterocycles. The lowest BCUT2D eigenvalue weighted by molar-refractivity contribution is 0.323. The van der Waals surface area contributed by atoms with Crippen LogP contribution in [0.15, 0.2) is 66.1 Å². The number of ether oxygens (including phenoxy) is 3. The molecule has 6 heteroatoms. The van der Waals surface area contributed by atoms with Crippen molar-refractivity contribution >= 4 is 17.4 Å². The molecule has 0 bridgehead atoms. The number of nitrogens with one attached hydrogen (secondary N) is 1. The minimum absolute atomic E-state index is 0.416. The second-order valence-corrected chi connectivity index (χ2v) is 8.65. The van der Waals surface area contributed by atoms with E-state index in [4.69, 9.17) is 14.2 Å². The topological polar surface area (TPSA) is 56.4 Å². The summed E-state index contributed by atoms with van der Waals surface area (Å²) in [5, 5.41) is 10.0. The van der Waals surface area contributed by atoms with E-state index in [1.165, 1.54) is 5.56 Å². The van der Waals surface area contributed by atoms with Crippen LogP contribution in [-0.2, 0) is 11.8 Å². The fourth-order valence-electron chi connectivity index (χ4n) is 4.50. The molecular weight excluding hydrogens is 420 g/mol. The first-order chi connectivity index (χ1) is 15.7. The van der Waals surface area contributed by atoms with Gasteiger partial charge in [-0.3, -0.25) is 5.10 Å². The first-order valence-corrected chi connectivity index (χ1v) is 11.2. The molecule has 2 aromatic heterocycles. The van der Waals surface area contributed by atoms with Gasteiger partial charge in [-0.2, -0.15) is 5.10 Å². The number of thiophene rings is 1. The molecule has 2 aromatic carbocycles. The number of methoxy groups -OCH3 is 3. The molecule has 1 aliphatic carbocycles. The Bertz CT molecular complexity index is 1240. The molecular formula is C26H24N2O3S. The van der Waals surface area contributed by atoms with Gasteiger partial charge in [0.1, 0.15) is 5.69 Å². The van der Waals surface area contributed by atoms with Crippen LogP contribution < -0.4 is 14.2 Å². The number of aromatic nitrogens is 2.